The first-order valence-electron chi connectivity index (χ1n) is 8.72. The number of rotatable bonds is 3. The molecule has 2 aliphatic rings. The highest BCUT2D eigenvalue weighted by Gasteiger charge is 2.55. The van der Waals surface area contributed by atoms with Gasteiger partial charge in [0.25, 0.3) is 0 Å². The average molecular weight is 310 g/mol. The quantitative estimate of drug-likeness (QED) is 0.832. The third-order valence-electron chi connectivity index (χ3n) is 4.78. The highest BCUT2D eigenvalue weighted by atomic mass is 16.6. The molecule has 0 heterocycles. The minimum Gasteiger partial charge on any atom is -0.444 e. The molecular weight excluding hydrogens is 276 g/mol. The monoisotopic (exact) mass is 310 g/mol. The maximum atomic E-state index is 11.9. The molecule has 2 aliphatic carbocycles. The van der Waals surface area contributed by atoms with E-state index in [1.165, 1.54) is 25.7 Å². The molecule has 1 atom stereocenters. The molecular formula is C18H34N2O2. The molecule has 4 heteroatoms. The van der Waals surface area contributed by atoms with Crippen LogP contribution in [-0.4, -0.2) is 30.3 Å². The molecule has 0 aromatic heterocycles. The average Bonchev–Trinajstić information content (AvgIpc) is 2.97. The lowest BCUT2D eigenvalue weighted by molar-refractivity contribution is 0.0511. The van der Waals surface area contributed by atoms with E-state index in [0.717, 1.165) is 13.0 Å². The van der Waals surface area contributed by atoms with Crippen LogP contribution in [0.2, 0.25) is 0 Å². The second kappa shape index (κ2) is 6.03. The number of ether oxygens (including phenoxy) is 1. The van der Waals surface area contributed by atoms with Gasteiger partial charge in [0.15, 0.2) is 0 Å². The summed E-state index contributed by atoms with van der Waals surface area (Å²) < 4.78 is 5.36. The predicted octanol–water partition coefficient (Wildman–Crippen LogP) is 3.85. The third-order valence-corrected chi connectivity index (χ3v) is 4.78. The van der Waals surface area contributed by atoms with Crippen molar-refractivity contribution in [2.24, 2.45) is 10.8 Å². The molecule has 0 aliphatic heterocycles. The van der Waals surface area contributed by atoms with Crippen molar-refractivity contribution in [3.63, 3.8) is 0 Å². The summed E-state index contributed by atoms with van der Waals surface area (Å²) in [4.78, 5) is 11.9. The Bertz CT molecular complexity index is 398. The van der Waals surface area contributed by atoms with Crippen LogP contribution in [0.15, 0.2) is 0 Å². The first-order chi connectivity index (χ1) is 9.99. The van der Waals surface area contributed by atoms with Gasteiger partial charge < -0.3 is 15.4 Å². The zero-order chi connectivity index (χ0) is 16.6. The van der Waals surface area contributed by atoms with E-state index < -0.39 is 5.60 Å². The molecule has 1 spiro atoms. The summed E-state index contributed by atoms with van der Waals surface area (Å²) in [5.74, 6) is 0. The van der Waals surface area contributed by atoms with Gasteiger partial charge in [0.05, 0.1) is 0 Å². The second-order valence-corrected chi connectivity index (χ2v) is 9.48. The molecule has 0 aromatic rings. The van der Waals surface area contributed by atoms with Crippen molar-refractivity contribution in [1.29, 1.82) is 0 Å². The molecule has 0 bridgehead atoms. The normalized spacial score (nSPS) is 31.9. The predicted molar refractivity (Wildman–Crippen MR) is 89.9 cm³/mol. The van der Waals surface area contributed by atoms with Crippen molar-refractivity contribution in [3.8, 4) is 0 Å². The fourth-order valence-corrected chi connectivity index (χ4v) is 3.40. The zero-order valence-corrected chi connectivity index (χ0v) is 15.2. The first kappa shape index (κ1) is 17.6. The molecule has 0 radical (unpaired) electrons. The van der Waals surface area contributed by atoms with Gasteiger partial charge in [-0.05, 0) is 63.7 Å². The number of carbonyl (C=O) groups is 1. The van der Waals surface area contributed by atoms with Gasteiger partial charge in [0.1, 0.15) is 5.60 Å². The van der Waals surface area contributed by atoms with E-state index in [1.54, 1.807) is 0 Å². The maximum Gasteiger partial charge on any atom is 0.407 e. The molecule has 2 N–H and O–H groups in total. The van der Waals surface area contributed by atoms with Crippen molar-refractivity contribution < 1.29 is 9.53 Å². The summed E-state index contributed by atoms with van der Waals surface area (Å²) in [5.41, 5.74) is 0.285. The number of hydrogen-bond donors (Lipinski definition) is 2. The van der Waals surface area contributed by atoms with Crippen LogP contribution in [0.1, 0.15) is 73.6 Å². The van der Waals surface area contributed by atoms with Crippen LogP contribution in [0.3, 0.4) is 0 Å². The van der Waals surface area contributed by atoms with Gasteiger partial charge in [0, 0.05) is 18.6 Å². The Balaban J connectivity index is 1.71. The van der Waals surface area contributed by atoms with Crippen LogP contribution in [0.4, 0.5) is 4.79 Å². The fraction of sp³-hybridized carbons (Fsp3) is 0.944. The largest absolute Gasteiger partial charge is 0.444 e. The SMILES string of the molecule is CC(C)(C)CNC1CCC2(CC1)CC2NC(=O)OC(C)(C)C. The van der Waals surface area contributed by atoms with Crippen LogP contribution in [0.5, 0.6) is 0 Å². The van der Waals surface area contributed by atoms with Crippen LogP contribution in [0.25, 0.3) is 0 Å². The zero-order valence-electron chi connectivity index (χ0n) is 15.2. The molecule has 2 saturated carbocycles. The summed E-state index contributed by atoms with van der Waals surface area (Å²) in [5, 5.41) is 6.76. The maximum absolute atomic E-state index is 11.9. The lowest BCUT2D eigenvalue weighted by atomic mass is 9.82. The molecule has 0 saturated heterocycles. The number of carbonyl (C=O) groups excluding carboxylic acids is 1. The van der Waals surface area contributed by atoms with E-state index in [0.29, 0.717) is 22.9 Å². The van der Waals surface area contributed by atoms with E-state index in [1.807, 2.05) is 20.8 Å². The van der Waals surface area contributed by atoms with Gasteiger partial charge in [-0.3, -0.25) is 0 Å². The molecule has 0 aromatic carbocycles. The number of hydrogen-bond acceptors (Lipinski definition) is 3. The van der Waals surface area contributed by atoms with Crippen LogP contribution in [-0.2, 0) is 4.74 Å². The van der Waals surface area contributed by atoms with Gasteiger partial charge >= 0.3 is 6.09 Å². The standard InChI is InChI=1S/C18H34N2O2/c1-16(2,3)12-19-13-7-9-18(10-8-13)11-14(18)20-15(21)22-17(4,5)6/h13-14,19H,7-12H2,1-6H3,(H,20,21). The number of amides is 1. The van der Waals surface area contributed by atoms with E-state index in [9.17, 15) is 4.79 Å². The summed E-state index contributed by atoms with van der Waals surface area (Å²) >= 11 is 0. The van der Waals surface area contributed by atoms with E-state index in [4.69, 9.17) is 4.74 Å². The Hall–Kier alpha value is -0.770. The first-order valence-corrected chi connectivity index (χ1v) is 8.72. The van der Waals surface area contributed by atoms with Crippen LogP contribution >= 0.6 is 0 Å². The lowest BCUT2D eigenvalue weighted by Gasteiger charge is -2.32. The second-order valence-electron chi connectivity index (χ2n) is 9.48. The minimum atomic E-state index is -0.416. The van der Waals surface area contributed by atoms with Crippen molar-refractivity contribution in [2.75, 3.05) is 6.54 Å². The molecule has 1 amide bonds. The molecule has 22 heavy (non-hydrogen) atoms. The molecule has 2 rings (SSSR count). The Morgan fingerprint density at radius 1 is 1.14 bits per heavy atom. The Morgan fingerprint density at radius 3 is 2.23 bits per heavy atom. The minimum absolute atomic E-state index is 0.262. The Kier molecular flexibility index (Phi) is 4.82. The summed E-state index contributed by atoms with van der Waals surface area (Å²) in [6, 6.07) is 0.971. The van der Waals surface area contributed by atoms with Gasteiger partial charge in [-0.1, -0.05) is 20.8 Å². The van der Waals surface area contributed by atoms with Gasteiger partial charge in [-0.25, -0.2) is 4.79 Å². The van der Waals surface area contributed by atoms with E-state index >= 15 is 0 Å². The van der Waals surface area contributed by atoms with E-state index in [2.05, 4.69) is 31.4 Å². The van der Waals surface area contributed by atoms with Crippen LogP contribution < -0.4 is 10.6 Å². The Labute approximate surface area is 135 Å². The summed E-state index contributed by atoms with van der Waals surface area (Å²) in [7, 11) is 0. The van der Waals surface area contributed by atoms with Crippen molar-refractivity contribution in [3.05, 3.63) is 0 Å². The molecule has 128 valence electrons. The fourth-order valence-electron chi connectivity index (χ4n) is 3.40. The number of nitrogens with one attached hydrogen (secondary N) is 2. The van der Waals surface area contributed by atoms with Crippen molar-refractivity contribution in [2.45, 2.75) is 91.3 Å². The Morgan fingerprint density at radius 2 is 1.73 bits per heavy atom. The van der Waals surface area contributed by atoms with Gasteiger partial charge in [-0.15, -0.1) is 0 Å². The smallest absolute Gasteiger partial charge is 0.407 e. The van der Waals surface area contributed by atoms with Crippen molar-refractivity contribution in [1.82, 2.24) is 10.6 Å². The third kappa shape index (κ3) is 5.15. The topological polar surface area (TPSA) is 50.4 Å². The molecule has 4 nitrogen and oxygen atoms in total. The highest BCUT2D eigenvalue weighted by molar-refractivity contribution is 5.68. The highest BCUT2D eigenvalue weighted by Crippen LogP contribution is 2.56. The van der Waals surface area contributed by atoms with Gasteiger partial charge in [0.2, 0.25) is 0 Å². The lowest BCUT2D eigenvalue weighted by Crippen LogP contribution is -2.40. The van der Waals surface area contributed by atoms with Crippen molar-refractivity contribution >= 4 is 6.09 Å². The molecule has 2 fully saturated rings. The van der Waals surface area contributed by atoms with E-state index in [-0.39, 0.29) is 6.09 Å². The van der Waals surface area contributed by atoms with Gasteiger partial charge in [-0.2, -0.15) is 0 Å². The number of alkyl carbamates (subject to hydrolysis) is 1. The molecule has 1 unspecified atom stereocenters. The van der Waals surface area contributed by atoms with Crippen LogP contribution in [0, 0.1) is 10.8 Å². The summed E-state index contributed by atoms with van der Waals surface area (Å²) in [6.07, 6.45) is 5.75. The summed E-state index contributed by atoms with van der Waals surface area (Å²) in [6.45, 7) is 13.6.